The summed E-state index contributed by atoms with van der Waals surface area (Å²) in [4.78, 5) is 17.6. The quantitative estimate of drug-likeness (QED) is 0.706. The molecule has 0 aromatic carbocycles. The number of aryl methyl sites for hydroxylation is 2. The second-order valence-electron chi connectivity index (χ2n) is 6.88. The number of hydrogen-bond donors (Lipinski definition) is 0. The van der Waals surface area contributed by atoms with Crippen LogP contribution < -0.4 is 0 Å². The van der Waals surface area contributed by atoms with Crippen LogP contribution in [-0.2, 0) is 20.0 Å². The fourth-order valence-corrected chi connectivity index (χ4v) is 4.42. The molecular formula is C19H23N5S. The first kappa shape index (κ1) is 16.4. The van der Waals surface area contributed by atoms with Gasteiger partial charge in [-0.25, -0.2) is 9.97 Å². The first-order valence-electron chi connectivity index (χ1n) is 8.73. The third-order valence-electron chi connectivity index (χ3n) is 4.96. The van der Waals surface area contributed by atoms with E-state index in [1.54, 1.807) is 6.20 Å². The van der Waals surface area contributed by atoms with E-state index < -0.39 is 0 Å². The number of imidazole rings is 1. The van der Waals surface area contributed by atoms with Gasteiger partial charge in [0.05, 0.1) is 11.9 Å². The van der Waals surface area contributed by atoms with Gasteiger partial charge in [0.2, 0.25) is 0 Å². The Balaban J connectivity index is 1.35. The van der Waals surface area contributed by atoms with Gasteiger partial charge in [0.25, 0.3) is 0 Å². The van der Waals surface area contributed by atoms with Gasteiger partial charge in [-0.3, -0.25) is 9.88 Å². The monoisotopic (exact) mass is 353 g/mol. The first-order valence-corrected chi connectivity index (χ1v) is 9.61. The third kappa shape index (κ3) is 3.65. The molecule has 1 fully saturated rings. The Morgan fingerprint density at radius 1 is 1.24 bits per heavy atom. The molecule has 4 rings (SSSR count). The van der Waals surface area contributed by atoms with Gasteiger partial charge in [-0.2, -0.15) is 0 Å². The van der Waals surface area contributed by atoms with Gasteiger partial charge in [0.1, 0.15) is 5.69 Å². The zero-order valence-electron chi connectivity index (χ0n) is 14.7. The normalized spacial score (nSPS) is 18.1. The molecule has 0 aliphatic carbocycles. The van der Waals surface area contributed by atoms with E-state index in [1.807, 2.05) is 41.5 Å². The van der Waals surface area contributed by atoms with Crippen molar-refractivity contribution in [3.05, 3.63) is 52.4 Å². The van der Waals surface area contributed by atoms with Crippen LogP contribution in [0.4, 0.5) is 0 Å². The van der Waals surface area contributed by atoms with Crippen LogP contribution in [-0.4, -0.2) is 37.5 Å². The molecule has 1 atom stereocenters. The number of nitrogens with zero attached hydrogens (tertiary/aromatic N) is 5. The summed E-state index contributed by atoms with van der Waals surface area (Å²) in [6.07, 6.45) is 9.72. The SMILES string of the molecule is Cc1ccsc1CN1CC[C@@H](Cc2cnc(-c3nccn3C)cn2)C1. The smallest absolute Gasteiger partial charge is 0.159 e. The van der Waals surface area contributed by atoms with Crippen molar-refractivity contribution in [1.82, 2.24) is 24.4 Å². The number of rotatable bonds is 5. The van der Waals surface area contributed by atoms with Crippen molar-refractivity contribution in [2.45, 2.75) is 26.3 Å². The lowest BCUT2D eigenvalue weighted by molar-refractivity contribution is 0.318. The zero-order valence-corrected chi connectivity index (χ0v) is 15.5. The Labute approximate surface area is 152 Å². The molecule has 3 aromatic rings. The van der Waals surface area contributed by atoms with Crippen molar-refractivity contribution < 1.29 is 0 Å². The Hall–Kier alpha value is -2.05. The Morgan fingerprint density at radius 2 is 2.16 bits per heavy atom. The van der Waals surface area contributed by atoms with Crippen molar-refractivity contribution in [1.29, 1.82) is 0 Å². The summed E-state index contributed by atoms with van der Waals surface area (Å²) in [7, 11) is 1.97. The van der Waals surface area contributed by atoms with E-state index >= 15 is 0 Å². The molecule has 5 nitrogen and oxygen atoms in total. The Morgan fingerprint density at radius 3 is 2.84 bits per heavy atom. The molecule has 0 amide bonds. The molecular weight excluding hydrogens is 330 g/mol. The summed E-state index contributed by atoms with van der Waals surface area (Å²) in [5, 5.41) is 2.19. The maximum absolute atomic E-state index is 4.62. The molecule has 0 bridgehead atoms. The lowest BCUT2D eigenvalue weighted by atomic mass is 10.0. The van der Waals surface area contributed by atoms with E-state index in [-0.39, 0.29) is 0 Å². The van der Waals surface area contributed by atoms with Crippen LogP contribution >= 0.6 is 11.3 Å². The van der Waals surface area contributed by atoms with Gasteiger partial charge in [0.15, 0.2) is 5.82 Å². The summed E-state index contributed by atoms with van der Waals surface area (Å²) >= 11 is 1.87. The molecule has 0 N–H and O–H groups in total. The molecule has 0 unspecified atom stereocenters. The Bertz CT molecular complexity index is 836. The molecule has 3 aromatic heterocycles. The van der Waals surface area contributed by atoms with Crippen molar-refractivity contribution >= 4 is 11.3 Å². The highest BCUT2D eigenvalue weighted by Gasteiger charge is 2.24. The minimum absolute atomic E-state index is 0.675. The van der Waals surface area contributed by atoms with Gasteiger partial charge in [-0.05, 0) is 49.2 Å². The molecule has 130 valence electrons. The summed E-state index contributed by atoms with van der Waals surface area (Å²) in [6, 6.07) is 2.21. The molecule has 0 spiro atoms. The second kappa shape index (κ2) is 7.06. The highest BCUT2D eigenvalue weighted by molar-refractivity contribution is 7.10. The maximum Gasteiger partial charge on any atom is 0.159 e. The number of aromatic nitrogens is 4. The van der Waals surface area contributed by atoms with Gasteiger partial charge in [0, 0.05) is 43.6 Å². The number of hydrogen-bond acceptors (Lipinski definition) is 5. The van der Waals surface area contributed by atoms with Crippen LogP contribution in [0.5, 0.6) is 0 Å². The van der Waals surface area contributed by atoms with Gasteiger partial charge >= 0.3 is 0 Å². The van der Waals surface area contributed by atoms with Crippen LogP contribution in [0.1, 0.15) is 22.6 Å². The average molecular weight is 353 g/mol. The van der Waals surface area contributed by atoms with E-state index in [4.69, 9.17) is 0 Å². The lowest BCUT2D eigenvalue weighted by Gasteiger charge is -2.15. The predicted octanol–water partition coefficient (Wildman–Crippen LogP) is 3.31. The highest BCUT2D eigenvalue weighted by Crippen LogP contribution is 2.25. The predicted molar refractivity (Wildman–Crippen MR) is 100 cm³/mol. The summed E-state index contributed by atoms with van der Waals surface area (Å²) in [6.45, 7) is 5.63. The fourth-order valence-electron chi connectivity index (χ4n) is 3.48. The van der Waals surface area contributed by atoms with Gasteiger partial charge in [-0.15, -0.1) is 11.3 Å². The van der Waals surface area contributed by atoms with Crippen molar-refractivity contribution in [3.8, 4) is 11.5 Å². The molecule has 1 aliphatic rings. The topological polar surface area (TPSA) is 46.8 Å². The highest BCUT2D eigenvalue weighted by atomic mass is 32.1. The summed E-state index contributed by atoms with van der Waals surface area (Å²) in [5.41, 5.74) is 3.33. The molecule has 25 heavy (non-hydrogen) atoms. The Kier molecular flexibility index (Phi) is 4.63. The van der Waals surface area contributed by atoms with Crippen LogP contribution in [0.25, 0.3) is 11.5 Å². The van der Waals surface area contributed by atoms with Crippen LogP contribution in [0.2, 0.25) is 0 Å². The van der Waals surface area contributed by atoms with E-state index in [0.717, 1.165) is 36.7 Å². The minimum Gasteiger partial charge on any atom is -0.333 e. The van der Waals surface area contributed by atoms with Crippen molar-refractivity contribution in [3.63, 3.8) is 0 Å². The van der Waals surface area contributed by atoms with Crippen molar-refractivity contribution in [2.24, 2.45) is 13.0 Å². The molecule has 4 heterocycles. The molecule has 6 heteroatoms. The zero-order chi connectivity index (χ0) is 17.2. The number of likely N-dealkylation sites (tertiary alicyclic amines) is 1. The van der Waals surface area contributed by atoms with E-state index in [9.17, 15) is 0 Å². The maximum atomic E-state index is 4.62. The van der Waals surface area contributed by atoms with Crippen LogP contribution in [0.15, 0.2) is 36.2 Å². The second-order valence-corrected chi connectivity index (χ2v) is 7.88. The van der Waals surface area contributed by atoms with E-state index in [2.05, 4.69) is 38.2 Å². The first-order chi connectivity index (χ1) is 12.2. The third-order valence-corrected chi connectivity index (χ3v) is 5.97. The lowest BCUT2D eigenvalue weighted by Crippen LogP contribution is -2.20. The molecule has 1 saturated heterocycles. The number of thiophene rings is 1. The molecule has 1 aliphatic heterocycles. The summed E-state index contributed by atoms with van der Waals surface area (Å²) < 4.78 is 1.96. The van der Waals surface area contributed by atoms with Crippen LogP contribution in [0.3, 0.4) is 0 Å². The van der Waals surface area contributed by atoms with Gasteiger partial charge in [-0.1, -0.05) is 0 Å². The summed E-state index contributed by atoms with van der Waals surface area (Å²) in [5.74, 6) is 1.53. The standard InChI is InChI=1S/C19H23N5S/c1-14-4-8-25-18(14)13-24-6-3-15(12-24)9-16-10-22-17(11-21-16)19-20-5-7-23(19)2/h4-5,7-8,10-11,15H,3,6,9,12-13H2,1-2H3/t15-/m0/s1. The largest absolute Gasteiger partial charge is 0.333 e. The minimum atomic E-state index is 0.675. The van der Waals surface area contributed by atoms with E-state index in [1.165, 1.54) is 23.4 Å². The van der Waals surface area contributed by atoms with Gasteiger partial charge < -0.3 is 4.57 Å². The van der Waals surface area contributed by atoms with Crippen molar-refractivity contribution in [2.75, 3.05) is 13.1 Å². The molecule has 0 saturated carbocycles. The molecule has 0 radical (unpaired) electrons. The van der Waals surface area contributed by atoms with E-state index in [0.29, 0.717) is 5.92 Å². The average Bonchev–Trinajstić information content (AvgIpc) is 3.32. The van der Waals surface area contributed by atoms with Crippen LogP contribution in [0, 0.1) is 12.8 Å². The fraction of sp³-hybridized carbons (Fsp3) is 0.421.